The van der Waals surface area contributed by atoms with Crippen molar-refractivity contribution in [3.8, 4) is 12.3 Å². The van der Waals surface area contributed by atoms with E-state index in [0.717, 1.165) is 13.0 Å². The Hall–Kier alpha value is -5.37. The quantitative estimate of drug-likeness (QED) is 0.0287. The van der Waals surface area contributed by atoms with Gasteiger partial charge in [0.15, 0.2) is 5.71 Å². The highest BCUT2D eigenvalue weighted by Gasteiger charge is 2.32. The predicted octanol–water partition coefficient (Wildman–Crippen LogP) is 4.10. The largest absolute Gasteiger partial charge is 0.397 e. The molecule has 0 spiro atoms. The zero-order valence-corrected chi connectivity index (χ0v) is 27.5. The van der Waals surface area contributed by atoms with E-state index >= 15 is 0 Å². The van der Waals surface area contributed by atoms with Crippen molar-refractivity contribution in [2.45, 2.75) is 30.1 Å². The second kappa shape index (κ2) is 13.3. The number of hydrogen-bond acceptors (Lipinski definition) is 14. The van der Waals surface area contributed by atoms with E-state index in [0.29, 0.717) is 11.6 Å². The van der Waals surface area contributed by atoms with Crippen LogP contribution in [-0.2, 0) is 36.8 Å². The van der Waals surface area contributed by atoms with Gasteiger partial charge >= 0.3 is 0 Å². The smallest absolute Gasteiger partial charge is 0.296 e. The third-order valence-corrected chi connectivity index (χ3v) is 10.2. The molecule has 0 saturated carbocycles. The Morgan fingerprint density at radius 2 is 1.61 bits per heavy atom. The number of carbonyl (C=O) groups excluding carboxylic acids is 1. The average Bonchev–Trinajstić information content (AvgIpc) is 2.98. The van der Waals surface area contributed by atoms with Gasteiger partial charge in [-0.2, -0.15) is 40.6 Å². The number of nitrogen functional groups attached to an aromatic ring is 1. The van der Waals surface area contributed by atoms with E-state index < -0.39 is 79.3 Å². The summed E-state index contributed by atoms with van der Waals surface area (Å²) in [5.41, 5.74) is 6.17. The number of nitrogens with zero attached hydrogens (tertiary/aromatic N) is 4. The molecule has 3 aromatic carbocycles. The number of rotatable bonds is 10. The third-order valence-electron chi connectivity index (χ3n) is 7.21. The van der Waals surface area contributed by atoms with Crippen LogP contribution in [0.1, 0.15) is 34.0 Å². The van der Waals surface area contributed by atoms with Crippen molar-refractivity contribution in [2.24, 2.45) is 21.2 Å². The molecule has 0 aliphatic heterocycles. The summed E-state index contributed by atoms with van der Waals surface area (Å²) in [4.78, 5) is 21.2. The zero-order valence-electron chi connectivity index (χ0n) is 25.1. The van der Waals surface area contributed by atoms with Crippen LogP contribution >= 0.6 is 0 Å². The number of carbonyl (C=O) groups is 1. The number of hydrogen-bond donors (Lipinski definition) is 5. The molecule has 6 N–H and O–H groups in total. The fourth-order valence-corrected chi connectivity index (χ4v) is 7.24. The zero-order chi connectivity index (χ0) is 36.6. The number of benzene rings is 3. The minimum atomic E-state index is -5.22. The Kier molecular flexibility index (Phi) is 9.87. The standard InChI is InChI=1S/C28H24N6O12S3/c1-4-20(28(35)26-15(3)24(48(41,42)43)13-25(27(26)29)49(44,45)46)31-33-22-10-9-21(32-30-16-5-7-17(8-6-16)34(36)37)18-11-14(2)23(12-19(18)22)47(38,39)40/h1,5-10,12-14,33H,11,29H2,2-3H3,(H,38,39,40)(H,41,42,43)(H,44,45,46). The Morgan fingerprint density at radius 1 is 1.00 bits per heavy atom. The first kappa shape index (κ1) is 36.5. The van der Waals surface area contributed by atoms with Crippen LogP contribution in [0.2, 0.25) is 0 Å². The van der Waals surface area contributed by atoms with E-state index in [4.69, 9.17) is 12.2 Å². The van der Waals surface area contributed by atoms with Gasteiger partial charge in [-0.15, -0.1) is 6.42 Å². The Balaban J connectivity index is 1.84. The molecule has 49 heavy (non-hydrogen) atoms. The van der Waals surface area contributed by atoms with Crippen molar-refractivity contribution < 1.29 is 48.6 Å². The number of nitrogens with two attached hydrogens (primary N) is 1. The molecule has 21 heteroatoms. The van der Waals surface area contributed by atoms with Crippen molar-refractivity contribution in [3.63, 3.8) is 0 Å². The van der Waals surface area contributed by atoms with Gasteiger partial charge in [-0.05, 0) is 72.7 Å². The number of azo groups is 1. The minimum Gasteiger partial charge on any atom is -0.397 e. The monoisotopic (exact) mass is 732 g/mol. The number of Topliss-reactive ketones (excluding diaryl/α,β-unsaturated/α-hetero) is 1. The van der Waals surface area contributed by atoms with Gasteiger partial charge in [-0.25, -0.2) is 0 Å². The molecule has 4 rings (SSSR count). The van der Waals surface area contributed by atoms with E-state index in [-0.39, 0.29) is 39.6 Å². The molecule has 3 aromatic rings. The number of nitro benzene ring substituents is 1. The number of anilines is 2. The van der Waals surface area contributed by atoms with Crippen molar-refractivity contribution in [3.05, 3.63) is 79.7 Å². The number of terminal acetylenes is 1. The van der Waals surface area contributed by atoms with Gasteiger partial charge in [0.05, 0.1) is 43.0 Å². The van der Waals surface area contributed by atoms with Gasteiger partial charge in [-0.3, -0.25) is 34.0 Å². The number of fused-ring (bicyclic) bond motifs is 1. The maximum Gasteiger partial charge on any atom is 0.296 e. The summed E-state index contributed by atoms with van der Waals surface area (Å²) in [6.07, 6.45) is 6.64. The lowest BCUT2D eigenvalue weighted by molar-refractivity contribution is -0.384. The summed E-state index contributed by atoms with van der Waals surface area (Å²) in [6.45, 7) is 2.55. The van der Waals surface area contributed by atoms with Gasteiger partial charge < -0.3 is 5.73 Å². The first-order chi connectivity index (χ1) is 22.6. The van der Waals surface area contributed by atoms with Crippen LogP contribution in [0.15, 0.2) is 72.5 Å². The first-order valence-electron chi connectivity index (χ1n) is 13.4. The molecular formula is C28H24N6O12S3. The van der Waals surface area contributed by atoms with Crippen LogP contribution < -0.4 is 11.2 Å². The van der Waals surface area contributed by atoms with Crippen molar-refractivity contribution in [1.82, 2.24) is 0 Å². The second-order valence-electron chi connectivity index (χ2n) is 10.4. The molecule has 0 fully saturated rings. The molecule has 18 nitrogen and oxygen atoms in total. The van der Waals surface area contributed by atoms with Gasteiger partial charge in [0.1, 0.15) is 4.90 Å². The van der Waals surface area contributed by atoms with Crippen LogP contribution in [0.25, 0.3) is 6.08 Å². The van der Waals surface area contributed by atoms with Crippen LogP contribution in [0.3, 0.4) is 0 Å². The fraction of sp³-hybridized carbons (Fsp3) is 0.143. The fourth-order valence-electron chi connectivity index (χ4n) is 4.91. The molecule has 0 saturated heterocycles. The van der Waals surface area contributed by atoms with E-state index in [1.807, 2.05) is 5.92 Å². The van der Waals surface area contributed by atoms with Crippen molar-refractivity contribution >= 4 is 76.4 Å². The summed E-state index contributed by atoms with van der Waals surface area (Å²) in [7, 11) is -15.1. The SMILES string of the molecule is C#CC(=NNc1ccc(N=Nc2ccc([N+](=O)[O-])cc2)c2c1C=C(S(=O)(=O)O)C(C)C2)C(=O)c1c(C)c(S(=O)(=O)O)cc(S(=O)(=O)O)c1N. The lowest BCUT2D eigenvalue weighted by Crippen LogP contribution is -2.21. The lowest BCUT2D eigenvalue weighted by atomic mass is 9.88. The summed E-state index contributed by atoms with van der Waals surface area (Å²) in [5.74, 6) is -0.0868. The van der Waals surface area contributed by atoms with E-state index in [1.54, 1.807) is 0 Å². The topological polar surface area (TPSA) is 298 Å². The van der Waals surface area contributed by atoms with Crippen LogP contribution in [0.4, 0.5) is 28.4 Å². The molecule has 0 radical (unpaired) electrons. The number of non-ortho nitro benzene ring substituents is 1. The van der Waals surface area contributed by atoms with Crippen LogP contribution in [-0.4, -0.2) is 55.3 Å². The molecular weight excluding hydrogens is 709 g/mol. The Morgan fingerprint density at radius 3 is 2.14 bits per heavy atom. The van der Waals surface area contributed by atoms with Gasteiger partial charge in [-0.1, -0.05) is 6.92 Å². The maximum atomic E-state index is 13.5. The average molecular weight is 733 g/mol. The summed E-state index contributed by atoms with van der Waals surface area (Å²) < 4.78 is 101. The molecule has 0 bridgehead atoms. The third kappa shape index (κ3) is 7.70. The molecule has 1 unspecified atom stereocenters. The van der Waals surface area contributed by atoms with E-state index in [9.17, 15) is 53.8 Å². The molecule has 1 aliphatic rings. The van der Waals surface area contributed by atoms with Crippen LogP contribution in [0, 0.1) is 35.3 Å². The van der Waals surface area contributed by atoms with Crippen molar-refractivity contribution in [2.75, 3.05) is 11.2 Å². The minimum absolute atomic E-state index is 0.00625. The predicted molar refractivity (Wildman–Crippen MR) is 176 cm³/mol. The summed E-state index contributed by atoms with van der Waals surface area (Å²) >= 11 is 0. The summed E-state index contributed by atoms with van der Waals surface area (Å²) in [6, 6.07) is 8.31. The number of allylic oxidation sites excluding steroid dienone is 1. The van der Waals surface area contributed by atoms with Gasteiger partial charge in [0.2, 0.25) is 5.78 Å². The molecule has 1 aliphatic carbocycles. The Labute approximate surface area is 278 Å². The summed E-state index contributed by atoms with van der Waals surface area (Å²) in [5, 5.41) is 23.1. The first-order valence-corrected chi connectivity index (χ1v) is 17.7. The van der Waals surface area contributed by atoms with Crippen molar-refractivity contribution in [1.29, 1.82) is 0 Å². The molecule has 0 amide bonds. The highest BCUT2D eigenvalue weighted by Crippen LogP contribution is 2.40. The van der Waals surface area contributed by atoms with Gasteiger partial charge in [0.25, 0.3) is 36.0 Å². The highest BCUT2D eigenvalue weighted by atomic mass is 32.2. The number of nitro groups is 1. The normalized spacial score (nSPS) is 15.3. The molecule has 0 aromatic heterocycles. The number of hydrazone groups is 1. The van der Waals surface area contributed by atoms with Crippen LogP contribution in [0.5, 0.6) is 0 Å². The molecule has 0 heterocycles. The Bertz CT molecular complexity index is 2340. The van der Waals surface area contributed by atoms with Gasteiger partial charge in [0, 0.05) is 17.7 Å². The van der Waals surface area contributed by atoms with E-state index in [1.165, 1.54) is 43.3 Å². The lowest BCUT2D eigenvalue weighted by Gasteiger charge is -2.24. The number of ketones is 1. The number of nitrogens with one attached hydrogen (secondary N) is 1. The second-order valence-corrected chi connectivity index (χ2v) is 14.6. The molecule has 256 valence electrons. The molecule has 1 atom stereocenters. The maximum absolute atomic E-state index is 13.5. The van der Waals surface area contributed by atoms with E-state index in [2.05, 4.69) is 20.8 Å². The highest BCUT2D eigenvalue weighted by molar-refractivity contribution is 7.90.